The van der Waals surface area contributed by atoms with Gasteiger partial charge in [-0.3, -0.25) is 4.99 Å². The van der Waals surface area contributed by atoms with Crippen molar-refractivity contribution in [2.75, 3.05) is 20.6 Å². The van der Waals surface area contributed by atoms with Gasteiger partial charge in [0.1, 0.15) is 0 Å². The lowest BCUT2D eigenvalue weighted by atomic mass is 10.1. The normalized spacial score (nSPS) is 12.0. The summed E-state index contributed by atoms with van der Waals surface area (Å²) in [5.41, 5.74) is 0.991. The highest BCUT2D eigenvalue weighted by atomic mass is 127. The minimum absolute atomic E-state index is 0. The summed E-state index contributed by atoms with van der Waals surface area (Å²) in [6, 6.07) is 6.79. The highest BCUT2D eigenvalue weighted by molar-refractivity contribution is 14.0. The molecule has 0 unspecified atom stereocenters. The maximum Gasteiger partial charge on any atom is 0.240 e. The number of nitrogens with zero attached hydrogens (tertiary/aromatic N) is 1. The van der Waals surface area contributed by atoms with Crippen LogP contribution in [0, 0.1) is 5.92 Å². The number of hydrogen-bond acceptors (Lipinski definition) is 3. The Bertz CT molecular complexity index is 601. The van der Waals surface area contributed by atoms with Crippen molar-refractivity contribution in [3.05, 3.63) is 29.8 Å². The lowest BCUT2D eigenvalue weighted by molar-refractivity contribution is 0.549. The topological polar surface area (TPSA) is 82.6 Å². The van der Waals surface area contributed by atoms with Crippen LogP contribution in [0.5, 0.6) is 0 Å². The summed E-state index contributed by atoms with van der Waals surface area (Å²) in [5, 5.41) is 6.49. The third-order valence-electron chi connectivity index (χ3n) is 3.44. The molecule has 0 aliphatic heterocycles. The molecule has 0 aromatic heterocycles. The molecule has 0 heterocycles. The lowest BCUT2D eigenvalue weighted by Crippen LogP contribution is -2.37. The van der Waals surface area contributed by atoms with Crippen molar-refractivity contribution in [1.29, 1.82) is 0 Å². The van der Waals surface area contributed by atoms with Crippen LogP contribution in [0.2, 0.25) is 0 Å². The van der Waals surface area contributed by atoms with Crippen LogP contribution in [0.25, 0.3) is 0 Å². The summed E-state index contributed by atoms with van der Waals surface area (Å²) < 4.78 is 25.6. The van der Waals surface area contributed by atoms with Crippen LogP contribution in [0.4, 0.5) is 0 Å². The van der Waals surface area contributed by atoms with E-state index in [9.17, 15) is 8.42 Å². The van der Waals surface area contributed by atoms with Crippen molar-refractivity contribution in [1.82, 2.24) is 15.4 Å². The molecule has 0 fully saturated rings. The van der Waals surface area contributed by atoms with Crippen LogP contribution in [0.3, 0.4) is 0 Å². The second-order valence-corrected chi connectivity index (χ2v) is 7.63. The van der Waals surface area contributed by atoms with Gasteiger partial charge in [-0.2, -0.15) is 0 Å². The Morgan fingerprint density at radius 2 is 1.79 bits per heavy atom. The van der Waals surface area contributed by atoms with Gasteiger partial charge >= 0.3 is 0 Å². The van der Waals surface area contributed by atoms with Crippen molar-refractivity contribution < 1.29 is 8.42 Å². The van der Waals surface area contributed by atoms with Gasteiger partial charge in [0.25, 0.3) is 0 Å². The molecular formula is C16H29IN4O2S. The minimum atomic E-state index is -3.38. The van der Waals surface area contributed by atoms with E-state index >= 15 is 0 Å². The smallest absolute Gasteiger partial charge is 0.240 e. The Labute approximate surface area is 163 Å². The summed E-state index contributed by atoms with van der Waals surface area (Å²) >= 11 is 0. The Morgan fingerprint density at radius 3 is 2.29 bits per heavy atom. The molecule has 0 aliphatic rings. The van der Waals surface area contributed by atoms with Crippen LogP contribution < -0.4 is 15.4 Å². The molecule has 0 saturated carbocycles. The van der Waals surface area contributed by atoms with Crippen molar-refractivity contribution in [3.8, 4) is 0 Å². The first-order valence-corrected chi connectivity index (χ1v) is 9.34. The second-order valence-electron chi connectivity index (χ2n) is 5.74. The maximum atomic E-state index is 11.7. The zero-order valence-electron chi connectivity index (χ0n) is 14.8. The van der Waals surface area contributed by atoms with E-state index in [-0.39, 0.29) is 28.9 Å². The van der Waals surface area contributed by atoms with E-state index in [1.54, 1.807) is 31.3 Å². The largest absolute Gasteiger partial charge is 0.356 e. The van der Waals surface area contributed by atoms with Crippen molar-refractivity contribution in [2.24, 2.45) is 10.9 Å². The third kappa shape index (κ3) is 8.29. The number of rotatable bonds is 8. The number of guanidine groups is 1. The molecule has 3 N–H and O–H groups in total. The summed E-state index contributed by atoms with van der Waals surface area (Å²) in [6.07, 6.45) is 2.29. The molecule has 24 heavy (non-hydrogen) atoms. The highest BCUT2D eigenvalue weighted by Crippen LogP contribution is 2.09. The van der Waals surface area contributed by atoms with Crippen molar-refractivity contribution in [2.45, 2.75) is 38.1 Å². The quantitative estimate of drug-likeness (QED) is 0.237. The standard InChI is InChI=1S/C16H28N4O2S.HI/c1-13(2)6-5-11-19-16(17-3)20-12-14-7-9-15(10-8-14)23(21,22)18-4;/h7-10,13,18H,5-6,11-12H2,1-4H3,(H2,17,19,20);1H. The van der Waals surface area contributed by atoms with Crippen LogP contribution in [-0.2, 0) is 16.6 Å². The number of aliphatic imine (C=N–C) groups is 1. The molecule has 0 amide bonds. The molecule has 0 radical (unpaired) electrons. The third-order valence-corrected chi connectivity index (χ3v) is 4.87. The molecule has 1 rings (SSSR count). The molecule has 0 atom stereocenters. The van der Waals surface area contributed by atoms with Gasteiger partial charge in [0.05, 0.1) is 4.90 Å². The van der Waals surface area contributed by atoms with E-state index in [1.165, 1.54) is 13.5 Å². The van der Waals surface area contributed by atoms with E-state index in [1.807, 2.05) is 0 Å². The Morgan fingerprint density at radius 1 is 1.17 bits per heavy atom. The number of sulfonamides is 1. The molecule has 1 aromatic rings. The number of benzene rings is 1. The van der Waals surface area contributed by atoms with E-state index in [4.69, 9.17) is 0 Å². The van der Waals surface area contributed by atoms with E-state index in [2.05, 4.69) is 34.2 Å². The molecular weight excluding hydrogens is 439 g/mol. The lowest BCUT2D eigenvalue weighted by Gasteiger charge is -2.12. The van der Waals surface area contributed by atoms with Gasteiger partial charge in [0.2, 0.25) is 10.0 Å². The molecule has 0 bridgehead atoms. The SMILES string of the molecule is CN=C(NCCCC(C)C)NCc1ccc(S(=O)(=O)NC)cc1.I. The van der Waals surface area contributed by atoms with Gasteiger partial charge in [-0.05, 0) is 43.5 Å². The second kappa shape index (κ2) is 11.6. The number of nitrogens with one attached hydrogen (secondary N) is 3. The number of halogens is 1. The first kappa shape index (κ1) is 23.1. The first-order valence-electron chi connectivity index (χ1n) is 7.86. The average Bonchev–Trinajstić information content (AvgIpc) is 2.54. The van der Waals surface area contributed by atoms with E-state index < -0.39 is 10.0 Å². The summed E-state index contributed by atoms with van der Waals surface area (Å²) in [4.78, 5) is 4.44. The number of hydrogen-bond donors (Lipinski definition) is 3. The van der Waals surface area contributed by atoms with Crippen LogP contribution in [0.1, 0.15) is 32.3 Å². The van der Waals surface area contributed by atoms with Gasteiger partial charge in [0.15, 0.2) is 5.96 Å². The molecule has 0 spiro atoms. The first-order chi connectivity index (χ1) is 10.9. The minimum Gasteiger partial charge on any atom is -0.356 e. The highest BCUT2D eigenvalue weighted by Gasteiger charge is 2.10. The van der Waals surface area contributed by atoms with E-state index in [0.717, 1.165) is 24.5 Å². The fraction of sp³-hybridized carbons (Fsp3) is 0.562. The summed E-state index contributed by atoms with van der Waals surface area (Å²) in [7, 11) is -0.240. The molecule has 1 aromatic carbocycles. The van der Waals surface area contributed by atoms with Crippen LogP contribution in [-0.4, -0.2) is 35.0 Å². The fourth-order valence-corrected chi connectivity index (χ4v) is 2.76. The summed E-state index contributed by atoms with van der Waals surface area (Å²) in [6.45, 7) is 5.90. The predicted molar refractivity (Wildman–Crippen MR) is 110 cm³/mol. The molecule has 0 aliphatic carbocycles. The van der Waals surface area contributed by atoms with Crippen molar-refractivity contribution in [3.63, 3.8) is 0 Å². The van der Waals surface area contributed by atoms with Crippen LogP contribution in [0.15, 0.2) is 34.2 Å². The summed E-state index contributed by atoms with van der Waals surface area (Å²) in [5.74, 6) is 1.46. The van der Waals surface area contributed by atoms with Gasteiger partial charge in [-0.15, -0.1) is 24.0 Å². The average molecular weight is 468 g/mol. The maximum absolute atomic E-state index is 11.7. The Kier molecular flexibility index (Phi) is 11.2. The zero-order chi connectivity index (χ0) is 17.3. The van der Waals surface area contributed by atoms with Crippen LogP contribution >= 0.6 is 24.0 Å². The van der Waals surface area contributed by atoms with Crippen molar-refractivity contribution >= 4 is 40.0 Å². The predicted octanol–water partition coefficient (Wildman–Crippen LogP) is 2.31. The Hall–Kier alpha value is -0.870. The molecule has 138 valence electrons. The van der Waals surface area contributed by atoms with Gasteiger partial charge in [-0.25, -0.2) is 13.1 Å². The Balaban J connectivity index is 0.00000529. The fourth-order valence-electron chi connectivity index (χ4n) is 2.03. The molecule has 8 heteroatoms. The monoisotopic (exact) mass is 468 g/mol. The van der Waals surface area contributed by atoms with Gasteiger partial charge in [-0.1, -0.05) is 26.0 Å². The van der Waals surface area contributed by atoms with E-state index in [0.29, 0.717) is 12.5 Å². The molecule has 0 saturated heterocycles. The molecule has 6 nitrogen and oxygen atoms in total. The van der Waals surface area contributed by atoms with Gasteiger partial charge < -0.3 is 10.6 Å². The zero-order valence-corrected chi connectivity index (χ0v) is 17.9. The van der Waals surface area contributed by atoms with Gasteiger partial charge in [0, 0.05) is 20.1 Å².